The molecule has 4 rings (SSSR count). The molecular weight excluding hydrogens is 633 g/mol. The largest absolute Gasteiger partial charge is 0.414 e. The SMILES string of the molecule is CC(C)C(NC(=O)[C@@H]1CCCN1C(=O)C(NC(=O)CCCCCNC(=O)c1ccccn1)C(C)C)C(=O)c1nnc(-c2ccc(F)cc2)o1. The van der Waals surface area contributed by atoms with Gasteiger partial charge in [-0.05, 0) is 73.9 Å². The number of likely N-dealkylation sites (tertiary alicyclic amines) is 1. The normalized spacial score (nSPS) is 15.6. The van der Waals surface area contributed by atoms with Crippen molar-refractivity contribution in [2.24, 2.45) is 11.8 Å². The second-order valence-electron chi connectivity index (χ2n) is 12.8. The van der Waals surface area contributed by atoms with E-state index in [-0.39, 0.29) is 47.8 Å². The molecule has 0 bridgehead atoms. The molecular formula is C35H44FN7O6. The molecule has 3 N–H and O–H groups in total. The Hall–Kier alpha value is -5.01. The van der Waals surface area contributed by atoms with Crippen LogP contribution in [-0.2, 0) is 14.4 Å². The van der Waals surface area contributed by atoms with Crippen molar-refractivity contribution in [3.8, 4) is 11.5 Å². The fourth-order valence-corrected chi connectivity index (χ4v) is 5.57. The molecule has 2 aromatic heterocycles. The van der Waals surface area contributed by atoms with Crippen LogP contribution < -0.4 is 16.0 Å². The lowest BCUT2D eigenvalue weighted by Crippen LogP contribution is -2.57. The molecule has 13 nitrogen and oxygen atoms in total. The van der Waals surface area contributed by atoms with Gasteiger partial charge in [0.1, 0.15) is 23.6 Å². The van der Waals surface area contributed by atoms with E-state index in [2.05, 4.69) is 31.1 Å². The summed E-state index contributed by atoms with van der Waals surface area (Å²) >= 11 is 0. The van der Waals surface area contributed by atoms with E-state index < -0.39 is 35.6 Å². The summed E-state index contributed by atoms with van der Waals surface area (Å²) in [7, 11) is 0. The number of Topliss-reactive ketones (excluding diaryl/α,β-unsaturated/α-hetero) is 1. The third-order valence-corrected chi connectivity index (χ3v) is 8.33. The minimum Gasteiger partial charge on any atom is -0.414 e. The van der Waals surface area contributed by atoms with Crippen LogP contribution in [-0.4, -0.2) is 80.7 Å². The fraction of sp³-hybridized carbons (Fsp3) is 0.486. The average molecular weight is 678 g/mol. The van der Waals surface area contributed by atoms with Crippen LogP contribution in [0.25, 0.3) is 11.5 Å². The number of rotatable bonds is 16. The minimum atomic E-state index is -1.00. The fourth-order valence-electron chi connectivity index (χ4n) is 5.57. The van der Waals surface area contributed by atoms with Gasteiger partial charge in [0.2, 0.25) is 29.4 Å². The monoisotopic (exact) mass is 677 g/mol. The standard InChI is InChI=1S/C35H44FN7O6/c1-21(2)28(30(45)34-42-41-33(49-34)23-14-16-24(36)17-15-23)40-32(47)26-12-10-20-43(26)35(48)29(22(3)4)39-27(44)13-6-5-8-19-38-31(46)25-11-7-9-18-37-25/h7,9,11,14-18,21-22,26,28-29H,5-6,8,10,12-13,19-20H2,1-4H3,(H,38,46)(H,39,44)(H,40,47)/t26-,28?,29?/m0/s1. The molecule has 1 aromatic carbocycles. The first-order chi connectivity index (χ1) is 23.5. The van der Waals surface area contributed by atoms with Crippen molar-refractivity contribution in [3.63, 3.8) is 0 Å². The van der Waals surface area contributed by atoms with Crippen molar-refractivity contribution < 1.29 is 32.8 Å². The van der Waals surface area contributed by atoms with Gasteiger partial charge in [-0.2, -0.15) is 0 Å². The van der Waals surface area contributed by atoms with Crippen molar-refractivity contribution >= 4 is 29.4 Å². The summed E-state index contributed by atoms with van der Waals surface area (Å²) in [6, 6.07) is 7.84. The first-order valence-electron chi connectivity index (χ1n) is 16.7. The Bertz CT molecular complexity index is 1600. The number of carbonyl (C=O) groups excluding carboxylic acids is 5. The number of unbranched alkanes of at least 4 members (excludes halogenated alkanes) is 2. The summed E-state index contributed by atoms with van der Waals surface area (Å²) in [5, 5.41) is 16.2. The molecule has 14 heteroatoms. The average Bonchev–Trinajstić information content (AvgIpc) is 3.78. The van der Waals surface area contributed by atoms with Gasteiger partial charge in [-0.3, -0.25) is 29.0 Å². The Balaban J connectivity index is 1.29. The topological polar surface area (TPSA) is 176 Å². The van der Waals surface area contributed by atoms with E-state index in [9.17, 15) is 28.4 Å². The van der Waals surface area contributed by atoms with Crippen molar-refractivity contribution in [1.29, 1.82) is 0 Å². The van der Waals surface area contributed by atoms with Crippen molar-refractivity contribution in [2.45, 2.75) is 84.3 Å². The van der Waals surface area contributed by atoms with Crippen molar-refractivity contribution in [3.05, 3.63) is 66.1 Å². The van der Waals surface area contributed by atoms with E-state index in [4.69, 9.17) is 4.42 Å². The van der Waals surface area contributed by atoms with Crippen LogP contribution in [0.15, 0.2) is 53.1 Å². The van der Waals surface area contributed by atoms with Gasteiger partial charge in [0.15, 0.2) is 0 Å². The van der Waals surface area contributed by atoms with Crippen LogP contribution in [0.4, 0.5) is 4.39 Å². The zero-order chi connectivity index (χ0) is 35.5. The van der Waals surface area contributed by atoms with Gasteiger partial charge < -0.3 is 25.3 Å². The molecule has 0 spiro atoms. The highest BCUT2D eigenvalue weighted by Gasteiger charge is 2.40. The minimum absolute atomic E-state index is 0.0385. The van der Waals surface area contributed by atoms with Gasteiger partial charge in [-0.15, -0.1) is 10.2 Å². The molecule has 1 fully saturated rings. The van der Waals surface area contributed by atoms with Crippen molar-refractivity contribution in [1.82, 2.24) is 36.0 Å². The molecule has 3 heterocycles. The zero-order valence-corrected chi connectivity index (χ0v) is 28.3. The van der Waals surface area contributed by atoms with Gasteiger partial charge >= 0.3 is 0 Å². The number of hydrogen-bond donors (Lipinski definition) is 3. The van der Waals surface area contributed by atoms with E-state index in [1.807, 2.05) is 13.8 Å². The smallest absolute Gasteiger partial charge is 0.286 e. The van der Waals surface area contributed by atoms with Gasteiger partial charge in [-0.1, -0.05) is 40.2 Å². The second kappa shape index (κ2) is 17.4. The number of benzene rings is 1. The number of carbonyl (C=O) groups is 5. The van der Waals surface area contributed by atoms with Crippen LogP contribution in [0.3, 0.4) is 0 Å². The maximum absolute atomic E-state index is 13.7. The molecule has 3 aromatic rings. The molecule has 0 radical (unpaired) electrons. The van der Waals surface area contributed by atoms with E-state index in [1.165, 1.54) is 29.2 Å². The highest BCUT2D eigenvalue weighted by atomic mass is 19.1. The number of halogens is 1. The van der Waals surface area contributed by atoms with Crippen LogP contribution in [0.5, 0.6) is 0 Å². The Morgan fingerprint density at radius 3 is 2.33 bits per heavy atom. The zero-order valence-electron chi connectivity index (χ0n) is 28.3. The highest BCUT2D eigenvalue weighted by molar-refractivity contribution is 6.00. The number of pyridine rings is 1. The third-order valence-electron chi connectivity index (χ3n) is 8.33. The first kappa shape index (κ1) is 36.8. The van der Waals surface area contributed by atoms with E-state index in [0.29, 0.717) is 56.5 Å². The number of nitrogens with one attached hydrogen (secondary N) is 3. The number of hydrogen-bond acceptors (Lipinski definition) is 9. The molecule has 49 heavy (non-hydrogen) atoms. The number of ketones is 1. The third kappa shape index (κ3) is 10.00. The predicted molar refractivity (Wildman–Crippen MR) is 177 cm³/mol. The van der Waals surface area contributed by atoms with Gasteiger partial charge in [0.25, 0.3) is 11.8 Å². The second-order valence-corrected chi connectivity index (χ2v) is 12.8. The lowest BCUT2D eigenvalue weighted by Gasteiger charge is -2.31. The summed E-state index contributed by atoms with van der Waals surface area (Å²) in [5.41, 5.74) is 0.784. The lowest BCUT2D eigenvalue weighted by atomic mass is 9.98. The quantitative estimate of drug-likeness (QED) is 0.151. The lowest BCUT2D eigenvalue weighted by molar-refractivity contribution is -0.142. The Morgan fingerprint density at radius 2 is 1.65 bits per heavy atom. The molecule has 1 aliphatic rings. The number of amides is 4. The van der Waals surface area contributed by atoms with E-state index in [0.717, 1.165) is 0 Å². The first-order valence-corrected chi connectivity index (χ1v) is 16.7. The Kier molecular flexibility index (Phi) is 13.1. The molecule has 262 valence electrons. The van der Waals surface area contributed by atoms with Gasteiger partial charge in [0, 0.05) is 31.3 Å². The maximum atomic E-state index is 13.7. The molecule has 4 amide bonds. The summed E-state index contributed by atoms with van der Waals surface area (Å²) < 4.78 is 18.9. The molecule has 2 unspecified atom stereocenters. The molecule has 0 aliphatic carbocycles. The van der Waals surface area contributed by atoms with Crippen LogP contribution in [0, 0.1) is 17.7 Å². The van der Waals surface area contributed by atoms with Gasteiger partial charge in [-0.25, -0.2) is 4.39 Å². The Labute approximate surface area is 284 Å². The highest BCUT2D eigenvalue weighted by Crippen LogP contribution is 2.23. The predicted octanol–water partition coefficient (Wildman–Crippen LogP) is 3.72. The van der Waals surface area contributed by atoms with Crippen LogP contribution in [0.1, 0.15) is 87.4 Å². The summed E-state index contributed by atoms with van der Waals surface area (Å²) in [6.45, 7) is 7.98. The number of nitrogens with zero attached hydrogens (tertiary/aromatic N) is 4. The van der Waals surface area contributed by atoms with E-state index >= 15 is 0 Å². The molecule has 1 aliphatic heterocycles. The summed E-state index contributed by atoms with van der Waals surface area (Å²) in [6.07, 6.45) is 4.73. The van der Waals surface area contributed by atoms with Crippen molar-refractivity contribution in [2.75, 3.05) is 13.1 Å². The van der Waals surface area contributed by atoms with Gasteiger partial charge in [0.05, 0.1) is 6.04 Å². The molecule has 3 atom stereocenters. The number of aromatic nitrogens is 3. The summed E-state index contributed by atoms with van der Waals surface area (Å²) in [5.74, 6) is -3.21. The van der Waals surface area contributed by atoms with Crippen LogP contribution >= 0.6 is 0 Å². The van der Waals surface area contributed by atoms with E-state index in [1.54, 1.807) is 38.2 Å². The maximum Gasteiger partial charge on any atom is 0.286 e. The Morgan fingerprint density at radius 1 is 0.918 bits per heavy atom. The van der Waals surface area contributed by atoms with Crippen LogP contribution in [0.2, 0.25) is 0 Å². The molecule has 0 saturated carbocycles. The molecule has 1 saturated heterocycles. The summed E-state index contributed by atoms with van der Waals surface area (Å²) in [4.78, 5) is 71.1.